The van der Waals surface area contributed by atoms with Gasteiger partial charge in [-0.25, -0.2) is 4.39 Å². The molecule has 0 aliphatic heterocycles. The Labute approximate surface area is 161 Å². The topological polar surface area (TPSA) is 58.2 Å². The molecule has 0 saturated carbocycles. The van der Waals surface area contributed by atoms with Gasteiger partial charge in [-0.15, -0.1) is 0 Å². The highest BCUT2D eigenvalue weighted by atomic mass is 79.9. The SMILES string of the molecule is Cc1ccc(Br)cc1NC(=O)CCNC(=O)c1ccc(F)c(C(F)(F)F)c1. The standard InChI is InChI=1S/C18H15BrF4N2O2/c1-10-2-4-12(19)9-15(10)25-16(26)6-7-24-17(27)11-3-5-14(20)13(8-11)18(21,22)23/h2-5,8-9H,6-7H2,1H3,(H,24,27)(H,25,26). The molecule has 0 heterocycles. The number of rotatable bonds is 5. The van der Waals surface area contributed by atoms with Gasteiger partial charge in [0.15, 0.2) is 0 Å². The van der Waals surface area contributed by atoms with E-state index in [4.69, 9.17) is 0 Å². The molecule has 0 bridgehead atoms. The zero-order valence-corrected chi connectivity index (χ0v) is 15.7. The van der Waals surface area contributed by atoms with Gasteiger partial charge in [0.1, 0.15) is 5.82 Å². The number of halogens is 5. The summed E-state index contributed by atoms with van der Waals surface area (Å²) in [4.78, 5) is 23.9. The van der Waals surface area contributed by atoms with E-state index in [1.54, 1.807) is 6.07 Å². The summed E-state index contributed by atoms with van der Waals surface area (Å²) in [5.41, 5.74) is -0.402. The largest absolute Gasteiger partial charge is 0.419 e. The first-order chi connectivity index (χ1) is 12.6. The van der Waals surface area contributed by atoms with Crippen LogP contribution in [-0.2, 0) is 11.0 Å². The summed E-state index contributed by atoms with van der Waals surface area (Å²) in [6.07, 6.45) is -4.98. The van der Waals surface area contributed by atoms with Crippen molar-refractivity contribution in [2.24, 2.45) is 0 Å². The van der Waals surface area contributed by atoms with Crippen LogP contribution in [0.1, 0.15) is 27.9 Å². The highest BCUT2D eigenvalue weighted by molar-refractivity contribution is 9.10. The van der Waals surface area contributed by atoms with E-state index in [2.05, 4.69) is 26.6 Å². The molecule has 0 radical (unpaired) electrons. The Kier molecular flexibility index (Phi) is 6.59. The number of anilines is 1. The Balaban J connectivity index is 1.92. The smallest absolute Gasteiger partial charge is 0.352 e. The van der Waals surface area contributed by atoms with E-state index in [9.17, 15) is 27.2 Å². The van der Waals surface area contributed by atoms with Gasteiger partial charge in [-0.1, -0.05) is 22.0 Å². The summed E-state index contributed by atoms with van der Waals surface area (Å²) in [5.74, 6) is -2.65. The molecule has 4 nitrogen and oxygen atoms in total. The third kappa shape index (κ3) is 5.78. The van der Waals surface area contributed by atoms with E-state index in [-0.39, 0.29) is 24.4 Å². The lowest BCUT2D eigenvalue weighted by molar-refractivity contribution is -0.140. The summed E-state index contributed by atoms with van der Waals surface area (Å²) in [6.45, 7) is 1.73. The molecular weight excluding hydrogens is 432 g/mol. The van der Waals surface area contributed by atoms with Crippen LogP contribution >= 0.6 is 15.9 Å². The van der Waals surface area contributed by atoms with Crippen molar-refractivity contribution < 1.29 is 27.2 Å². The van der Waals surface area contributed by atoms with Crippen LogP contribution in [0.15, 0.2) is 40.9 Å². The van der Waals surface area contributed by atoms with E-state index in [1.165, 1.54) is 0 Å². The lowest BCUT2D eigenvalue weighted by atomic mass is 10.1. The molecule has 0 aliphatic carbocycles. The first-order valence-electron chi connectivity index (χ1n) is 7.79. The number of amides is 2. The van der Waals surface area contributed by atoms with Gasteiger partial charge in [0.2, 0.25) is 5.91 Å². The van der Waals surface area contributed by atoms with E-state index in [0.717, 1.165) is 16.1 Å². The van der Waals surface area contributed by atoms with Crippen molar-refractivity contribution in [3.05, 3.63) is 63.4 Å². The maximum atomic E-state index is 13.2. The lowest BCUT2D eigenvalue weighted by Gasteiger charge is -2.11. The van der Waals surface area contributed by atoms with Gasteiger partial charge in [-0.3, -0.25) is 9.59 Å². The summed E-state index contributed by atoms with van der Waals surface area (Å²) >= 11 is 3.29. The van der Waals surface area contributed by atoms with E-state index in [1.807, 2.05) is 19.1 Å². The van der Waals surface area contributed by atoms with Crippen molar-refractivity contribution in [2.75, 3.05) is 11.9 Å². The molecule has 2 aromatic rings. The molecule has 2 rings (SSSR count). The molecule has 0 fully saturated rings. The first kappa shape index (κ1) is 20.9. The summed E-state index contributed by atoms with van der Waals surface area (Å²) in [5, 5.41) is 5.02. The molecule has 144 valence electrons. The molecule has 9 heteroatoms. The molecule has 0 saturated heterocycles. The number of hydrogen-bond acceptors (Lipinski definition) is 2. The second-order valence-electron chi connectivity index (χ2n) is 5.71. The third-order valence-corrected chi connectivity index (χ3v) is 4.14. The van der Waals surface area contributed by atoms with Crippen LogP contribution in [0.3, 0.4) is 0 Å². The van der Waals surface area contributed by atoms with Crippen molar-refractivity contribution in [3.8, 4) is 0 Å². The Morgan fingerprint density at radius 2 is 1.81 bits per heavy atom. The van der Waals surface area contributed by atoms with Crippen LogP contribution in [0.5, 0.6) is 0 Å². The number of benzene rings is 2. The quantitative estimate of drug-likeness (QED) is 0.655. The zero-order chi connectivity index (χ0) is 20.2. The van der Waals surface area contributed by atoms with Gasteiger partial charge in [0.25, 0.3) is 5.91 Å². The highest BCUT2D eigenvalue weighted by Gasteiger charge is 2.34. The predicted octanol–water partition coefficient (Wildman–Crippen LogP) is 4.67. The van der Waals surface area contributed by atoms with Crippen LogP contribution in [0.4, 0.5) is 23.2 Å². The summed E-state index contributed by atoms with van der Waals surface area (Å²) in [7, 11) is 0. The van der Waals surface area contributed by atoms with Gasteiger partial charge in [-0.05, 0) is 42.8 Å². The van der Waals surface area contributed by atoms with Gasteiger partial charge < -0.3 is 10.6 Å². The summed E-state index contributed by atoms with van der Waals surface area (Å²) in [6, 6.07) is 7.33. The van der Waals surface area contributed by atoms with E-state index < -0.39 is 23.5 Å². The van der Waals surface area contributed by atoms with Crippen molar-refractivity contribution >= 4 is 33.4 Å². The lowest BCUT2D eigenvalue weighted by Crippen LogP contribution is -2.28. The molecule has 27 heavy (non-hydrogen) atoms. The maximum Gasteiger partial charge on any atom is 0.419 e. The summed E-state index contributed by atoms with van der Waals surface area (Å²) < 4.78 is 52.1. The monoisotopic (exact) mass is 446 g/mol. The Morgan fingerprint density at radius 1 is 1.11 bits per heavy atom. The molecule has 0 unspecified atom stereocenters. The van der Waals surface area contributed by atoms with Crippen molar-refractivity contribution in [1.29, 1.82) is 0 Å². The number of aryl methyl sites for hydroxylation is 1. The molecule has 0 aromatic heterocycles. The number of alkyl halides is 3. The van der Waals surface area contributed by atoms with E-state index in [0.29, 0.717) is 17.8 Å². The fourth-order valence-corrected chi connectivity index (χ4v) is 2.58. The number of nitrogens with one attached hydrogen (secondary N) is 2. The Hall–Kier alpha value is -2.42. The molecule has 2 aromatic carbocycles. The van der Waals surface area contributed by atoms with E-state index >= 15 is 0 Å². The molecular formula is C18H15BrF4N2O2. The molecule has 0 spiro atoms. The average Bonchev–Trinajstić information content (AvgIpc) is 2.57. The maximum absolute atomic E-state index is 13.2. The average molecular weight is 447 g/mol. The minimum Gasteiger partial charge on any atom is -0.352 e. The van der Waals surface area contributed by atoms with Gasteiger partial charge >= 0.3 is 6.18 Å². The third-order valence-electron chi connectivity index (χ3n) is 3.65. The van der Waals surface area contributed by atoms with Crippen molar-refractivity contribution in [1.82, 2.24) is 5.32 Å². The normalized spacial score (nSPS) is 11.2. The number of hydrogen-bond donors (Lipinski definition) is 2. The van der Waals surface area contributed by atoms with Crippen LogP contribution < -0.4 is 10.6 Å². The van der Waals surface area contributed by atoms with Gasteiger partial charge in [0, 0.05) is 28.7 Å². The molecule has 2 amide bonds. The Bertz CT molecular complexity index is 869. The van der Waals surface area contributed by atoms with Crippen LogP contribution in [0.25, 0.3) is 0 Å². The zero-order valence-electron chi connectivity index (χ0n) is 14.1. The van der Waals surface area contributed by atoms with Crippen molar-refractivity contribution in [3.63, 3.8) is 0 Å². The van der Waals surface area contributed by atoms with Gasteiger partial charge in [-0.2, -0.15) is 13.2 Å². The van der Waals surface area contributed by atoms with Crippen molar-refractivity contribution in [2.45, 2.75) is 19.5 Å². The number of carbonyl (C=O) groups is 2. The fourth-order valence-electron chi connectivity index (χ4n) is 2.22. The second kappa shape index (κ2) is 8.51. The number of carbonyl (C=O) groups excluding carboxylic acids is 2. The molecule has 0 aliphatic rings. The first-order valence-corrected chi connectivity index (χ1v) is 8.58. The Morgan fingerprint density at radius 3 is 2.48 bits per heavy atom. The highest BCUT2D eigenvalue weighted by Crippen LogP contribution is 2.31. The molecule has 2 N–H and O–H groups in total. The van der Waals surface area contributed by atoms with Crippen LogP contribution in [0.2, 0.25) is 0 Å². The predicted molar refractivity (Wildman–Crippen MR) is 95.9 cm³/mol. The minimum atomic E-state index is -4.90. The second-order valence-corrected chi connectivity index (χ2v) is 6.62. The molecule has 0 atom stereocenters. The van der Waals surface area contributed by atoms with Gasteiger partial charge in [0.05, 0.1) is 5.56 Å². The van der Waals surface area contributed by atoms with Crippen LogP contribution in [0, 0.1) is 12.7 Å². The fraction of sp³-hybridized carbons (Fsp3) is 0.222. The van der Waals surface area contributed by atoms with Crippen LogP contribution in [-0.4, -0.2) is 18.4 Å². The minimum absolute atomic E-state index is 0.0784.